The van der Waals surface area contributed by atoms with Crippen molar-refractivity contribution in [1.82, 2.24) is 9.78 Å². The first-order valence-corrected chi connectivity index (χ1v) is 13.1. The van der Waals surface area contributed by atoms with Crippen LogP contribution in [0, 0.1) is 12.8 Å². The van der Waals surface area contributed by atoms with E-state index in [4.69, 9.17) is 0 Å². The van der Waals surface area contributed by atoms with Gasteiger partial charge in [-0.15, -0.1) is 0 Å². The van der Waals surface area contributed by atoms with Crippen LogP contribution in [0.3, 0.4) is 0 Å². The quantitative estimate of drug-likeness (QED) is 0.373. The van der Waals surface area contributed by atoms with E-state index in [1.807, 2.05) is 62.5 Å². The molecule has 6 nitrogen and oxygen atoms in total. The standard InChI is InChI=1S/C32H33N3O3/c1-20-27(31(38)35(33-20)22-14-8-5-9-15-22)28-29(36)23(30(28)37)18-26-32(2,19-21-12-6-4-7-13-21)24-16-10-11-17-25(24)34(26)3/h4-18,23,28-30,33,36-37H,19H2,1-3H3/b26-18+. The number of aliphatic hydroxyl groups excluding tert-OH is 2. The van der Waals surface area contributed by atoms with Gasteiger partial charge in [-0.25, -0.2) is 4.68 Å². The van der Waals surface area contributed by atoms with Crippen LogP contribution in [0.2, 0.25) is 0 Å². The van der Waals surface area contributed by atoms with Crippen LogP contribution in [0.1, 0.15) is 35.2 Å². The van der Waals surface area contributed by atoms with Crippen molar-refractivity contribution < 1.29 is 10.2 Å². The van der Waals surface area contributed by atoms with Gasteiger partial charge in [0.25, 0.3) is 5.56 Å². The number of hydrogen-bond donors (Lipinski definition) is 3. The van der Waals surface area contributed by atoms with Crippen LogP contribution in [0.25, 0.3) is 5.69 Å². The molecule has 1 aromatic heterocycles. The van der Waals surface area contributed by atoms with E-state index in [-0.39, 0.29) is 11.0 Å². The van der Waals surface area contributed by atoms with E-state index in [1.165, 1.54) is 15.8 Å². The summed E-state index contributed by atoms with van der Waals surface area (Å²) in [4.78, 5) is 15.5. The third-order valence-electron chi connectivity index (χ3n) is 8.53. The van der Waals surface area contributed by atoms with Crippen LogP contribution in [0.15, 0.2) is 101 Å². The Balaban J connectivity index is 1.35. The molecule has 1 saturated carbocycles. The van der Waals surface area contributed by atoms with E-state index >= 15 is 0 Å². The second kappa shape index (κ2) is 9.15. The minimum atomic E-state index is -0.873. The summed E-state index contributed by atoms with van der Waals surface area (Å²) in [5.41, 5.74) is 5.89. The second-order valence-corrected chi connectivity index (χ2v) is 10.8. The number of H-pyrrole nitrogens is 1. The second-order valence-electron chi connectivity index (χ2n) is 10.8. The molecule has 0 amide bonds. The normalized spacial score (nSPS) is 27.4. The van der Waals surface area contributed by atoms with Gasteiger partial charge in [0.1, 0.15) is 0 Å². The van der Waals surface area contributed by atoms with Crippen molar-refractivity contribution in [1.29, 1.82) is 0 Å². The number of fused-ring (bicyclic) bond motifs is 1. The number of aliphatic hydroxyl groups is 2. The number of aromatic amines is 1. The van der Waals surface area contributed by atoms with E-state index in [9.17, 15) is 15.0 Å². The Morgan fingerprint density at radius 3 is 2.21 bits per heavy atom. The molecule has 0 radical (unpaired) electrons. The predicted octanol–water partition coefficient (Wildman–Crippen LogP) is 4.44. The highest BCUT2D eigenvalue weighted by molar-refractivity contribution is 5.70. The molecule has 1 aliphatic carbocycles. The molecule has 0 spiro atoms. The average molecular weight is 508 g/mol. The lowest BCUT2D eigenvalue weighted by Gasteiger charge is -2.46. The van der Waals surface area contributed by atoms with Crippen LogP contribution in [-0.4, -0.2) is 39.2 Å². The molecule has 1 aliphatic heterocycles. The molecule has 2 heterocycles. The molecule has 0 bridgehead atoms. The number of aromatic nitrogens is 2. The summed E-state index contributed by atoms with van der Waals surface area (Å²) < 4.78 is 1.48. The lowest BCUT2D eigenvalue weighted by atomic mass is 9.64. The molecular formula is C32H33N3O3. The number of nitrogens with one attached hydrogen (secondary N) is 1. The van der Waals surface area contributed by atoms with Gasteiger partial charge in [-0.1, -0.05) is 72.8 Å². The van der Waals surface area contributed by atoms with E-state index in [1.54, 1.807) is 0 Å². The van der Waals surface area contributed by atoms with Crippen LogP contribution < -0.4 is 10.5 Å². The van der Waals surface area contributed by atoms with Gasteiger partial charge in [0.15, 0.2) is 0 Å². The highest BCUT2D eigenvalue weighted by Crippen LogP contribution is 2.51. The number of hydrogen-bond acceptors (Lipinski definition) is 4. The summed E-state index contributed by atoms with van der Waals surface area (Å²) >= 11 is 0. The van der Waals surface area contributed by atoms with Gasteiger partial charge in [-0.3, -0.25) is 9.89 Å². The van der Waals surface area contributed by atoms with Crippen LogP contribution in [0.5, 0.6) is 0 Å². The van der Waals surface area contributed by atoms with Crippen LogP contribution in [0.4, 0.5) is 5.69 Å². The average Bonchev–Trinajstić information content (AvgIpc) is 3.33. The number of nitrogens with zero attached hydrogens (tertiary/aromatic N) is 2. The number of rotatable bonds is 5. The highest BCUT2D eigenvalue weighted by Gasteiger charge is 2.52. The third kappa shape index (κ3) is 3.67. The summed E-state index contributed by atoms with van der Waals surface area (Å²) in [6.45, 7) is 4.05. The highest BCUT2D eigenvalue weighted by atomic mass is 16.3. The summed E-state index contributed by atoms with van der Waals surface area (Å²) in [7, 11) is 2.05. The zero-order valence-corrected chi connectivity index (χ0v) is 21.9. The molecule has 3 unspecified atom stereocenters. The number of anilines is 1. The Labute approximate surface area is 222 Å². The molecule has 38 heavy (non-hydrogen) atoms. The maximum atomic E-state index is 13.4. The summed E-state index contributed by atoms with van der Waals surface area (Å²) in [5, 5.41) is 25.8. The van der Waals surface area contributed by atoms with Crippen molar-refractivity contribution in [2.45, 2.75) is 43.8 Å². The molecule has 3 aromatic carbocycles. The van der Waals surface area contributed by atoms with Gasteiger partial charge in [-0.05, 0) is 49.6 Å². The lowest BCUT2D eigenvalue weighted by molar-refractivity contribution is -0.0952. The summed E-state index contributed by atoms with van der Waals surface area (Å²) in [5.74, 6) is -1.14. The van der Waals surface area contributed by atoms with Crippen molar-refractivity contribution in [2.75, 3.05) is 11.9 Å². The molecule has 2 aliphatic rings. The van der Waals surface area contributed by atoms with Gasteiger partial charge < -0.3 is 15.1 Å². The van der Waals surface area contributed by atoms with Crippen LogP contribution in [-0.2, 0) is 11.8 Å². The predicted molar refractivity (Wildman–Crippen MR) is 150 cm³/mol. The number of benzene rings is 3. The topological polar surface area (TPSA) is 81.5 Å². The van der Waals surface area contributed by atoms with Crippen LogP contribution >= 0.6 is 0 Å². The fourth-order valence-electron chi connectivity index (χ4n) is 6.53. The molecule has 6 heteroatoms. The number of aryl methyl sites for hydroxylation is 1. The van der Waals surface area contributed by atoms with Gasteiger partial charge >= 0.3 is 0 Å². The Hall–Kier alpha value is -3.87. The van der Waals surface area contributed by atoms with E-state index in [0.717, 1.165) is 23.5 Å². The third-order valence-corrected chi connectivity index (χ3v) is 8.53. The Morgan fingerprint density at radius 2 is 1.53 bits per heavy atom. The zero-order valence-electron chi connectivity index (χ0n) is 21.9. The molecule has 4 aromatic rings. The summed E-state index contributed by atoms with van der Waals surface area (Å²) in [6.07, 6.45) is 1.08. The van der Waals surface area contributed by atoms with E-state index < -0.39 is 24.0 Å². The Kier molecular flexibility index (Phi) is 5.89. The monoisotopic (exact) mass is 507 g/mol. The van der Waals surface area contributed by atoms with Crippen molar-refractivity contribution in [3.63, 3.8) is 0 Å². The van der Waals surface area contributed by atoms with Gasteiger partial charge in [0, 0.05) is 46.9 Å². The molecule has 194 valence electrons. The van der Waals surface area contributed by atoms with Gasteiger partial charge in [-0.2, -0.15) is 0 Å². The minimum Gasteiger partial charge on any atom is -0.392 e. The maximum absolute atomic E-state index is 13.4. The molecule has 1 fully saturated rings. The van der Waals surface area contributed by atoms with E-state index in [2.05, 4.69) is 59.4 Å². The lowest BCUT2D eigenvalue weighted by Crippen LogP contribution is -2.54. The maximum Gasteiger partial charge on any atom is 0.275 e. The van der Waals surface area contributed by atoms with Crippen molar-refractivity contribution in [2.24, 2.45) is 5.92 Å². The SMILES string of the molecule is Cc1[nH]n(-c2ccccc2)c(=O)c1C1C(O)C(/C=C2/N(C)c3ccccc3C2(C)Cc2ccccc2)C1O. The first-order valence-electron chi connectivity index (χ1n) is 13.1. The fraction of sp³-hybridized carbons (Fsp3) is 0.281. The number of allylic oxidation sites excluding steroid dienone is 1. The fourth-order valence-corrected chi connectivity index (χ4v) is 6.53. The molecular weight excluding hydrogens is 474 g/mol. The number of para-hydroxylation sites is 2. The molecule has 3 atom stereocenters. The van der Waals surface area contributed by atoms with Gasteiger partial charge in [0.2, 0.25) is 0 Å². The van der Waals surface area contributed by atoms with Crippen molar-refractivity contribution in [3.05, 3.63) is 129 Å². The molecule has 6 rings (SSSR count). The first kappa shape index (κ1) is 24.5. The van der Waals surface area contributed by atoms with Crippen molar-refractivity contribution >= 4 is 5.69 Å². The van der Waals surface area contributed by atoms with Gasteiger partial charge in [0.05, 0.1) is 17.9 Å². The number of likely N-dealkylation sites (N-methyl/N-ethyl adjacent to an activating group) is 1. The Bertz CT molecular complexity index is 1550. The smallest absolute Gasteiger partial charge is 0.275 e. The molecule has 0 saturated heterocycles. The minimum absolute atomic E-state index is 0.234. The summed E-state index contributed by atoms with van der Waals surface area (Å²) in [6, 6.07) is 28.1. The zero-order chi connectivity index (χ0) is 26.6. The first-order chi connectivity index (χ1) is 18.3. The van der Waals surface area contributed by atoms with E-state index in [0.29, 0.717) is 11.3 Å². The largest absolute Gasteiger partial charge is 0.392 e. The Morgan fingerprint density at radius 1 is 0.921 bits per heavy atom. The van der Waals surface area contributed by atoms with Crippen molar-refractivity contribution in [3.8, 4) is 5.69 Å². The molecule has 3 N–H and O–H groups in total.